The second-order valence-corrected chi connectivity index (χ2v) is 6.30. The van der Waals surface area contributed by atoms with Crippen molar-refractivity contribution in [1.82, 2.24) is 10.2 Å². The van der Waals surface area contributed by atoms with Gasteiger partial charge in [0.05, 0.1) is 13.3 Å². The van der Waals surface area contributed by atoms with Crippen molar-refractivity contribution < 1.29 is 4.74 Å². The minimum Gasteiger partial charge on any atom is -0.494 e. The van der Waals surface area contributed by atoms with Gasteiger partial charge in [-0.05, 0) is 30.7 Å². The van der Waals surface area contributed by atoms with Crippen LogP contribution in [0.5, 0.6) is 5.75 Å². The second kappa shape index (κ2) is 7.74. The lowest BCUT2D eigenvalue weighted by atomic mass is 10.1. The van der Waals surface area contributed by atoms with Gasteiger partial charge >= 0.3 is 0 Å². The molecule has 0 amide bonds. The summed E-state index contributed by atoms with van der Waals surface area (Å²) in [6.07, 6.45) is 0.797. The maximum Gasteiger partial charge on any atom is 0.192 e. The van der Waals surface area contributed by atoms with Crippen molar-refractivity contribution in [2.24, 2.45) is 16.5 Å². The highest BCUT2D eigenvalue weighted by molar-refractivity contribution is 6.30. The molecule has 2 aromatic carbocycles. The van der Waals surface area contributed by atoms with Crippen molar-refractivity contribution in [1.29, 1.82) is 0 Å². The summed E-state index contributed by atoms with van der Waals surface area (Å²) in [6, 6.07) is 17.1. The zero-order chi connectivity index (χ0) is 17.7. The summed E-state index contributed by atoms with van der Waals surface area (Å²) in [5, 5.41) is 3.79. The summed E-state index contributed by atoms with van der Waals surface area (Å²) in [4.78, 5) is 6.30. The number of aliphatic imine (C=N–C) groups is 1. The fraction of sp³-hybridized carbons (Fsp3) is 0.278. The predicted octanol–water partition coefficient (Wildman–Crippen LogP) is 2.06. The van der Waals surface area contributed by atoms with Crippen LogP contribution >= 0.6 is 11.6 Å². The summed E-state index contributed by atoms with van der Waals surface area (Å²) >= 11 is 5.87. The van der Waals surface area contributed by atoms with Crippen LogP contribution in [-0.2, 0) is 5.79 Å². The Kier molecular flexibility index (Phi) is 5.43. The molecule has 1 aliphatic heterocycles. The monoisotopic (exact) mass is 359 g/mol. The first-order valence-corrected chi connectivity index (χ1v) is 8.52. The molecule has 0 aromatic heterocycles. The SMILES string of the molecule is NC1=NCN(CCCOc2ccc(Cl)cc2)C(N)(c2ccccc2)N1. The molecule has 5 N–H and O–H groups in total. The number of rotatable bonds is 6. The van der Waals surface area contributed by atoms with Gasteiger partial charge < -0.3 is 15.8 Å². The molecule has 3 rings (SSSR count). The molecule has 0 fully saturated rings. The number of nitrogens with two attached hydrogens (primary N) is 2. The molecule has 0 spiro atoms. The van der Waals surface area contributed by atoms with Crippen molar-refractivity contribution in [2.75, 3.05) is 19.8 Å². The van der Waals surface area contributed by atoms with E-state index in [1.807, 2.05) is 59.5 Å². The van der Waals surface area contributed by atoms with Crippen LogP contribution in [0.3, 0.4) is 0 Å². The average Bonchev–Trinajstić information content (AvgIpc) is 2.62. The molecular formula is C18H22ClN5O. The highest BCUT2D eigenvalue weighted by atomic mass is 35.5. The van der Waals surface area contributed by atoms with E-state index in [0.717, 1.165) is 17.7 Å². The maximum atomic E-state index is 6.62. The molecule has 0 saturated carbocycles. The van der Waals surface area contributed by atoms with E-state index in [1.54, 1.807) is 0 Å². The summed E-state index contributed by atoms with van der Waals surface area (Å²) in [5.74, 6) is 0.262. The van der Waals surface area contributed by atoms with Crippen LogP contribution < -0.4 is 21.5 Å². The summed E-state index contributed by atoms with van der Waals surface area (Å²) in [7, 11) is 0. The maximum absolute atomic E-state index is 6.62. The molecule has 2 aromatic rings. The van der Waals surface area contributed by atoms with E-state index >= 15 is 0 Å². The van der Waals surface area contributed by atoms with Crippen molar-refractivity contribution in [3.8, 4) is 5.75 Å². The zero-order valence-corrected chi connectivity index (χ0v) is 14.6. The average molecular weight is 360 g/mol. The number of guanidine groups is 1. The Hall–Kier alpha value is -2.28. The standard InChI is InChI=1S/C18H22ClN5O/c19-15-7-9-16(10-8-15)25-12-4-11-24-13-22-17(20)23-18(24,21)14-5-2-1-3-6-14/h1-3,5-10H,4,11-13,21H2,(H3,20,22,23). The van der Waals surface area contributed by atoms with Crippen LogP contribution in [0.1, 0.15) is 12.0 Å². The molecule has 1 atom stereocenters. The first kappa shape index (κ1) is 17.5. The largest absolute Gasteiger partial charge is 0.494 e. The Morgan fingerprint density at radius 1 is 1.16 bits per heavy atom. The molecule has 0 radical (unpaired) electrons. The fourth-order valence-electron chi connectivity index (χ4n) is 2.76. The third-order valence-electron chi connectivity index (χ3n) is 4.10. The van der Waals surface area contributed by atoms with Gasteiger partial charge in [-0.1, -0.05) is 41.9 Å². The molecule has 1 aliphatic rings. The lowest BCUT2D eigenvalue weighted by Crippen LogP contribution is -2.68. The lowest BCUT2D eigenvalue weighted by Gasteiger charge is -2.43. The number of halogens is 1. The van der Waals surface area contributed by atoms with Gasteiger partial charge in [0.1, 0.15) is 5.75 Å². The minimum atomic E-state index is -0.882. The normalized spacial score (nSPS) is 20.6. The van der Waals surface area contributed by atoms with Gasteiger partial charge in [-0.3, -0.25) is 5.73 Å². The van der Waals surface area contributed by atoms with E-state index in [2.05, 4.69) is 10.3 Å². The van der Waals surface area contributed by atoms with Crippen LogP contribution in [0.25, 0.3) is 0 Å². The van der Waals surface area contributed by atoms with Crippen molar-refractivity contribution in [3.63, 3.8) is 0 Å². The molecule has 0 bridgehead atoms. The quantitative estimate of drug-likeness (QED) is 0.687. The smallest absolute Gasteiger partial charge is 0.192 e. The van der Waals surface area contributed by atoms with E-state index < -0.39 is 5.79 Å². The first-order valence-electron chi connectivity index (χ1n) is 8.14. The van der Waals surface area contributed by atoms with Gasteiger partial charge in [0.2, 0.25) is 0 Å². The van der Waals surface area contributed by atoms with E-state index in [4.69, 9.17) is 27.8 Å². The number of ether oxygens (including phenoxy) is 1. The second-order valence-electron chi connectivity index (χ2n) is 5.86. The van der Waals surface area contributed by atoms with Crippen LogP contribution in [0.4, 0.5) is 0 Å². The molecule has 132 valence electrons. The van der Waals surface area contributed by atoms with Gasteiger partial charge in [0.15, 0.2) is 11.7 Å². The molecule has 1 unspecified atom stereocenters. The highest BCUT2D eigenvalue weighted by Gasteiger charge is 2.37. The van der Waals surface area contributed by atoms with Crippen molar-refractivity contribution in [2.45, 2.75) is 12.2 Å². The fourth-order valence-corrected chi connectivity index (χ4v) is 2.88. The van der Waals surface area contributed by atoms with Gasteiger partial charge in [0.25, 0.3) is 0 Å². The van der Waals surface area contributed by atoms with Gasteiger partial charge in [-0.25, -0.2) is 9.89 Å². The van der Waals surface area contributed by atoms with Crippen LogP contribution in [-0.4, -0.2) is 30.7 Å². The van der Waals surface area contributed by atoms with Crippen molar-refractivity contribution >= 4 is 17.6 Å². The van der Waals surface area contributed by atoms with E-state index in [-0.39, 0.29) is 0 Å². The third-order valence-corrected chi connectivity index (χ3v) is 4.35. The molecule has 6 nitrogen and oxygen atoms in total. The number of benzene rings is 2. The number of hydrogen-bond donors (Lipinski definition) is 3. The van der Waals surface area contributed by atoms with Crippen LogP contribution in [0.15, 0.2) is 59.6 Å². The lowest BCUT2D eigenvalue weighted by molar-refractivity contribution is 0.0617. The molecule has 0 aliphatic carbocycles. The Balaban J connectivity index is 1.60. The molecule has 0 saturated heterocycles. The van der Waals surface area contributed by atoms with E-state index in [1.165, 1.54) is 0 Å². The van der Waals surface area contributed by atoms with Gasteiger partial charge in [-0.15, -0.1) is 0 Å². The molecule has 1 heterocycles. The predicted molar refractivity (Wildman–Crippen MR) is 100 cm³/mol. The number of nitrogens with zero attached hydrogens (tertiary/aromatic N) is 2. The van der Waals surface area contributed by atoms with Gasteiger partial charge in [0, 0.05) is 17.1 Å². The van der Waals surface area contributed by atoms with Crippen LogP contribution in [0.2, 0.25) is 5.02 Å². The molecular weight excluding hydrogens is 338 g/mol. The highest BCUT2D eigenvalue weighted by Crippen LogP contribution is 2.23. The number of hydrogen-bond acceptors (Lipinski definition) is 6. The number of nitrogens with one attached hydrogen (secondary N) is 1. The zero-order valence-electron chi connectivity index (χ0n) is 13.9. The van der Waals surface area contributed by atoms with Gasteiger partial charge in [-0.2, -0.15) is 0 Å². The summed E-state index contributed by atoms with van der Waals surface area (Å²) in [6.45, 7) is 1.72. The van der Waals surface area contributed by atoms with E-state index in [0.29, 0.717) is 30.8 Å². The van der Waals surface area contributed by atoms with E-state index in [9.17, 15) is 0 Å². The Labute approximate surface area is 152 Å². The summed E-state index contributed by atoms with van der Waals surface area (Å²) in [5.41, 5.74) is 13.4. The third kappa shape index (κ3) is 4.22. The first-order chi connectivity index (χ1) is 12.1. The Morgan fingerprint density at radius 3 is 2.60 bits per heavy atom. The van der Waals surface area contributed by atoms with Crippen molar-refractivity contribution in [3.05, 3.63) is 65.2 Å². The Bertz CT molecular complexity index is 722. The van der Waals surface area contributed by atoms with Crippen LogP contribution in [0, 0.1) is 0 Å². The minimum absolute atomic E-state index is 0.347. The topological polar surface area (TPSA) is 88.9 Å². The Morgan fingerprint density at radius 2 is 1.88 bits per heavy atom. The molecule has 7 heteroatoms. The summed E-state index contributed by atoms with van der Waals surface area (Å²) < 4.78 is 5.74. The molecule has 25 heavy (non-hydrogen) atoms.